The second kappa shape index (κ2) is 7.96. The van der Waals surface area contributed by atoms with Crippen LogP contribution in [0.1, 0.15) is 16.8 Å². The lowest BCUT2D eigenvalue weighted by Gasteiger charge is -2.07. The highest BCUT2D eigenvalue weighted by atomic mass is 16.5. The summed E-state index contributed by atoms with van der Waals surface area (Å²) in [4.78, 5) is 0. The normalized spacial score (nSPS) is 10.8. The number of hydrogen-bond acceptors (Lipinski definition) is 4. The highest BCUT2D eigenvalue weighted by Crippen LogP contribution is 2.25. The first kappa shape index (κ1) is 17.8. The zero-order valence-electron chi connectivity index (χ0n) is 15.7. The van der Waals surface area contributed by atoms with Crippen molar-refractivity contribution < 1.29 is 13.8 Å². The molecule has 0 unspecified atom stereocenters. The smallest absolute Gasteiger partial charge is 0.283 e. The van der Waals surface area contributed by atoms with Gasteiger partial charge in [0.15, 0.2) is 5.76 Å². The standard InChI is InChI=1S/C23H21N3O2/c1-26-13-5-8-21(23(26)24)22-15-19(25-28-22)14-17-9-11-20(12-10-17)27-16-18-6-3-2-4-7-18/h2-13,15,24H,14,16H2,1H3/p+1. The number of nitrogens with zero attached hydrogens (tertiary/aromatic N) is 2. The zero-order chi connectivity index (χ0) is 19.3. The third-order valence-corrected chi connectivity index (χ3v) is 4.61. The number of aromatic nitrogens is 2. The summed E-state index contributed by atoms with van der Waals surface area (Å²) in [5, 5.41) is 4.19. The molecule has 0 bridgehead atoms. The van der Waals surface area contributed by atoms with Crippen molar-refractivity contribution in [3.05, 3.63) is 95.8 Å². The minimum atomic E-state index is 0.558. The average molecular weight is 372 g/mol. The maximum atomic E-state index is 6.12. The summed E-state index contributed by atoms with van der Waals surface area (Å²) in [7, 11) is 1.90. The number of pyridine rings is 1. The Hall–Kier alpha value is -3.60. The van der Waals surface area contributed by atoms with Crippen LogP contribution in [-0.2, 0) is 20.1 Å². The number of rotatable bonds is 6. The van der Waals surface area contributed by atoms with Crippen molar-refractivity contribution >= 4 is 5.82 Å². The van der Waals surface area contributed by atoms with Crippen LogP contribution in [0.5, 0.6) is 5.75 Å². The molecule has 5 heteroatoms. The van der Waals surface area contributed by atoms with Gasteiger partial charge in [0.2, 0.25) is 0 Å². The van der Waals surface area contributed by atoms with Crippen LogP contribution in [0, 0.1) is 0 Å². The maximum absolute atomic E-state index is 6.12. The lowest BCUT2D eigenvalue weighted by molar-refractivity contribution is -0.656. The van der Waals surface area contributed by atoms with Gasteiger partial charge in [0.25, 0.3) is 5.82 Å². The van der Waals surface area contributed by atoms with E-state index in [1.807, 2.05) is 78.5 Å². The fourth-order valence-corrected chi connectivity index (χ4v) is 3.01. The Morgan fingerprint density at radius 3 is 2.54 bits per heavy atom. The van der Waals surface area contributed by atoms with Crippen LogP contribution >= 0.6 is 0 Å². The topological polar surface area (TPSA) is 65.2 Å². The van der Waals surface area contributed by atoms with Crippen molar-refractivity contribution in [2.75, 3.05) is 5.73 Å². The predicted molar refractivity (Wildman–Crippen MR) is 108 cm³/mol. The number of nitrogen functional groups attached to an aromatic ring is 1. The van der Waals surface area contributed by atoms with Crippen LogP contribution in [0.4, 0.5) is 5.82 Å². The molecule has 0 saturated carbocycles. The molecule has 2 aromatic carbocycles. The van der Waals surface area contributed by atoms with E-state index in [9.17, 15) is 0 Å². The molecule has 5 nitrogen and oxygen atoms in total. The molecule has 0 spiro atoms. The van der Waals surface area contributed by atoms with Crippen LogP contribution in [0.2, 0.25) is 0 Å². The Morgan fingerprint density at radius 1 is 0.964 bits per heavy atom. The summed E-state index contributed by atoms with van der Waals surface area (Å²) in [6.45, 7) is 0.558. The van der Waals surface area contributed by atoms with Crippen molar-refractivity contribution in [1.29, 1.82) is 0 Å². The fraction of sp³-hybridized carbons (Fsp3) is 0.130. The van der Waals surface area contributed by atoms with Gasteiger partial charge in [-0.1, -0.05) is 47.6 Å². The molecule has 140 valence electrons. The number of benzene rings is 2. The molecule has 0 fully saturated rings. The first-order valence-corrected chi connectivity index (χ1v) is 9.15. The first-order valence-electron chi connectivity index (χ1n) is 9.15. The first-order chi connectivity index (χ1) is 13.7. The molecular formula is C23H22N3O2+. The third kappa shape index (κ3) is 4.04. The van der Waals surface area contributed by atoms with E-state index in [1.165, 1.54) is 0 Å². The number of hydrogen-bond donors (Lipinski definition) is 1. The summed E-state index contributed by atoms with van der Waals surface area (Å²) in [6, 6.07) is 24.0. The number of ether oxygens (including phenoxy) is 1. The highest BCUT2D eigenvalue weighted by Gasteiger charge is 2.15. The fourth-order valence-electron chi connectivity index (χ4n) is 3.01. The molecule has 0 amide bonds. The SMILES string of the molecule is C[n+]1cccc(-c2cc(Cc3ccc(OCc4ccccc4)cc3)no2)c1N. The largest absolute Gasteiger partial charge is 0.489 e. The van der Waals surface area contributed by atoms with Gasteiger partial charge in [0, 0.05) is 12.5 Å². The zero-order valence-corrected chi connectivity index (χ0v) is 15.7. The van der Waals surface area contributed by atoms with Crippen LogP contribution in [0.25, 0.3) is 11.3 Å². The maximum Gasteiger partial charge on any atom is 0.283 e. The molecule has 0 aliphatic heterocycles. The minimum absolute atomic E-state index is 0.558. The Morgan fingerprint density at radius 2 is 1.75 bits per heavy atom. The molecule has 2 heterocycles. The Kier molecular flexibility index (Phi) is 5.06. The highest BCUT2D eigenvalue weighted by molar-refractivity contribution is 5.67. The van der Waals surface area contributed by atoms with Gasteiger partial charge in [0.1, 0.15) is 17.9 Å². The predicted octanol–water partition coefficient (Wildman–Crippen LogP) is 3.92. The van der Waals surface area contributed by atoms with Crippen LogP contribution in [0.3, 0.4) is 0 Å². The molecule has 0 radical (unpaired) electrons. The summed E-state index contributed by atoms with van der Waals surface area (Å²) in [5.41, 5.74) is 10.1. The lowest BCUT2D eigenvalue weighted by Crippen LogP contribution is -2.31. The minimum Gasteiger partial charge on any atom is -0.489 e. The van der Waals surface area contributed by atoms with E-state index < -0.39 is 0 Å². The molecule has 2 N–H and O–H groups in total. The quantitative estimate of drug-likeness (QED) is 0.521. The Balaban J connectivity index is 1.41. The van der Waals surface area contributed by atoms with E-state index in [-0.39, 0.29) is 0 Å². The number of aryl methyl sites for hydroxylation is 1. The number of anilines is 1. The van der Waals surface area contributed by atoms with Crippen molar-refractivity contribution in [2.24, 2.45) is 7.05 Å². The summed E-state index contributed by atoms with van der Waals surface area (Å²) in [6.07, 6.45) is 2.58. The van der Waals surface area contributed by atoms with Crippen LogP contribution in [-0.4, -0.2) is 5.16 Å². The van der Waals surface area contributed by atoms with E-state index in [0.29, 0.717) is 24.6 Å². The number of nitrogens with two attached hydrogens (primary N) is 1. The van der Waals surface area contributed by atoms with Gasteiger partial charge in [-0.05, 0) is 35.4 Å². The van der Waals surface area contributed by atoms with Gasteiger partial charge in [-0.3, -0.25) is 5.73 Å². The molecule has 28 heavy (non-hydrogen) atoms. The average Bonchev–Trinajstić information content (AvgIpc) is 3.18. The van der Waals surface area contributed by atoms with Crippen molar-refractivity contribution in [2.45, 2.75) is 13.0 Å². The monoisotopic (exact) mass is 372 g/mol. The van der Waals surface area contributed by atoms with Gasteiger partial charge < -0.3 is 9.26 Å². The second-order valence-corrected chi connectivity index (χ2v) is 6.70. The van der Waals surface area contributed by atoms with E-state index in [1.54, 1.807) is 0 Å². The van der Waals surface area contributed by atoms with Gasteiger partial charge in [-0.2, -0.15) is 0 Å². The Bertz CT molecular complexity index is 1060. The molecule has 4 rings (SSSR count). The van der Waals surface area contributed by atoms with Gasteiger partial charge in [-0.15, -0.1) is 0 Å². The van der Waals surface area contributed by atoms with Crippen LogP contribution < -0.4 is 15.0 Å². The van der Waals surface area contributed by atoms with E-state index in [2.05, 4.69) is 17.3 Å². The molecule has 0 atom stereocenters. The van der Waals surface area contributed by atoms with Crippen LogP contribution in [0.15, 0.2) is 83.5 Å². The van der Waals surface area contributed by atoms with E-state index in [0.717, 1.165) is 28.1 Å². The molecule has 4 aromatic rings. The van der Waals surface area contributed by atoms with Crippen molar-refractivity contribution in [3.8, 4) is 17.1 Å². The summed E-state index contributed by atoms with van der Waals surface area (Å²) >= 11 is 0. The molecule has 0 aliphatic carbocycles. The summed E-state index contributed by atoms with van der Waals surface area (Å²) in [5.74, 6) is 2.16. The molecular weight excluding hydrogens is 350 g/mol. The Labute approximate surface area is 164 Å². The van der Waals surface area contributed by atoms with E-state index >= 15 is 0 Å². The third-order valence-electron chi connectivity index (χ3n) is 4.61. The van der Waals surface area contributed by atoms with Crippen molar-refractivity contribution in [3.63, 3.8) is 0 Å². The molecule has 0 aliphatic rings. The van der Waals surface area contributed by atoms with Crippen molar-refractivity contribution in [1.82, 2.24) is 5.16 Å². The molecule has 0 saturated heterocycles. The second-order valence-electron chi connectivity index (χ2n) is 6.70. The van der Waals surface area contributed by atoms with E-state index in [4.69, 9.17) is 15.0 Å². The summed E-state index contributed by atoms with van der Waals surface area (Å²) < 4.78 is 13.2. The lowest BCUT2D eigenvalue weighted by atomic mass is 10.1. The molecule has 2 aromatic heterocycles. The van der Waals surface area contributed by atoms with Gasteiger partial charge in [-0.25, -0.2) is 4.57 Å². The van der Waals surface area contributed by atoms with Gasteiger partial charge >= 0.3 is 0 Å². The van der Waals surface area contributed by atoms with Gasteiger partial charge in [0.05, 0.1) is 18.9 Å².